The zero-order chi connectivity index (χ0) is 12.5. The van der Waals surface area contributed by atoms with Crippen molar-refractivity contribution in [1.29, 1.82) is 0 Å². The van der Waals surface area contributed by atoms with E-state index in [1.165, 1.54) is 18.4 Å². The minimum atomic E-state index is 0.738. The van der Waals surface area contributed by atoms with Gasteiger partial charge in [-0.25, -0.2) is 0 Å². The predicted octanol–water partition coefficient (Wildman–Crippen LogP) is 4.18. The molecule has 0 aliphatic rings. The van der Waals surface area contributed by atoms with E-state index in [2.05, 4.69) is 0 Å². The topological polar surface area (TPSA) is 18.5 Å². The molecule has 2 nitrogen and oxygen atoms in total. The first-order chi connectivity index (χ1) is 8.27. The fraction of sp³-hybridized carbons (Fsp3) is 0.571. The number of alkyl halides is 1. The number of halogens is 1. The van der Waals surface area contributed by atoms with Gasteiger partial charge in [-0.2, -0.15) is 0 Å². The number of hydrogen-bond acceptors (Lipinski definition) is 2. The summed E-state index contributed by atoms with van der Waals surface area (Å²) < 4.78 is 11.0. The van der Waals surface area contributed by atoms with Gasteiger partial charge in [-0.3, -0.25) is 0 Å². The Morgan fingerprint density at radius 3 is 2.53 bits per heavy atom. The van der Waals surface area contributed by atoms with Crippen LogP contribution in [0.3, 0.4) is 0 Å². The van der Waals surface area contributed by atoms with Crippen molar-refractivity contribution in [2.24, 2.45) is 0 Å². The van der Waals surface area contributed by atoms with E-state index in [1.54, 1.807) is 7.11 Å². The lowest BCUT2D eigenvalue weighted by Gasteiger charge is -2.11. The lowest BCUT2D eigenvalue weighted by Crippen LogP contribution is -1.99. The summed E-state index contributed by atoms with van der Waals surface area (Å²) >= 11 is 5.62. The molecule has 96 valence electrons. The second-order valence-corrected chi connectivity index (χ2v) is 4.48. The average molecular weight is 257 g/mol. The molecule has 1 rings (SSSR count). The molecule has 1 aromatic rings. The number of aryl methyl sites for hydroxylation is 1. The highest BCUT2D eigenvalue weighted by molar-refractivity contribution is 6.17. The smallest absolute Gasteiger partial charge is 0.161 e. The number of methoxy groups -OCH3 is 1. The van der Waals surface area contributed by atoms with Gasteiger partial charge in [0.05, 0.1) is 13.7 Å². The lowest BCUT2D eigenvalue weighted by atomic mass is 10.2. The van der Waals surface area contributed by atoms with Crippen molar-refractivity contribution in [3.63, 3.8) is 0 Å². The number of benzene rings is 1. The van der Waals surface area contributed by atoms with Crippen LogP contribution < -0.4 is 9.47 Å². The summed E-state index contributed by atoms with van der Waals surface area (Å²) in [7, 11) is 1.67. The maximum atomic E-state index is 5.71. The zero-order valence-corrected chi connectivity index (χ0v) is 11.4. The summed E-state index contributed by atoms with van der Waals surface area (Å²) in [6.07, 6.45) is 4.50. The summed E-state index contributed by atoms with van der Waals surface area (Å²) in [4.78, 5) is 0. The van der Waals surface area contributed by atoms with Crippen molar-refractivity contribution in [2.75, 3.05) is 19.6 Å². The second-order valence-electron chi connectivity index (χ2n) is 4.11. The van der Waals surface area contributed by atoms with Crippen molar-refractivity contribution in [2.45, 2.75) is 32.6 Å². The number of hydrogen-bond donors (Lipinski definition) is 0. The highest BCUT2D eigenvalue weighted by Crippen LogP contribution is 2.27. The van der Waals surface area contributed by atoms with Gasteiger partial charge in [0.2, 0.25) is 0 Å². The van der Waals surface area contributed by atoms with Crippen molar-refractivity contribution >= 4 is 11.6 Å². The molecule has 0 bridgehead atoms. The third-order valence-electron chi connectivity index (χ3n) is 2.60. The van der Waals surface area contributed by atoms with Gasteiger partial charge < -0.3 is 9.47 Å². The van der Waals surface area contributed by atoms with E-state index in [1.807, 2.05) is 25.1 Å². The maximum absolute atomic E-state index is 5.71. The van der Waals surface area contributed by atoms with Crippen LogP contribution in [0.2, 0.25) is 0 Å². The summed E-state index contributed by atoms with van der Waals surface area (Å²) in [5.74, 6) is 2.40. The number of ether oxygens (including phenoxy) is 2. The van der Waals surface area contributed by atoms with Crippen LogP contribution >= 0.6 is 11.6 Å². The van der Waals surface area contributed by atoms with Crippen molar-refractivity contribution in [3.8, 4) is 11.5 Å². The lowest BCUT2D eigenvalue weighted by molar-refractivity contribution is 0.285. The van der Waals surface area contributed by atoms with E-state index in [4.69, 9.17) is 21.1 Å². The summed E-state index contributed by atoms with van der Waals surface area (Å²) in [5, 5.41) is 0. The van der Waals surface area contributed by atoms with Gasteiger partial charge in [0, 0.05) is 5.88 Å². The molecule has 0 N–H and O–H groups in total. The molecule has 17 heavy (non-hydrogen) atoms. The Morgan fingerprint density at radius 1 is 1.06 bits per heavy atom. The van der Waals surface area contributed by atoms with E-state index in [-0.39, 0.29) is 0 Å². The quantitative estimate of drug-likeness (QED) is 0.513. The predicted molar refractivity (Wildman–Crippen MR) is 72.4 cm³/mol. The van der Waals surface area contributed by atoms with Crippen molar-refractivity contribution in [3.05, 3.63) is 23.8 Å². The molecule has 0 saturated carbocycles. The molecule has 0 radical (unpaired) electrons. The number of rotatable bonds is 8. The van der Waals surface area contributed by atoms with E-state index in [9.17, 15) is 0 Å². The summed E-state index contributed by atoms with van der Waals surface area (Å²) in [5.41, 5.74) is 1.18. The van der Waals surface area contributed by atoms with Gasteiger partial charge in [0.15, 0.2) is 11.5 Å². The Hall–Kier alpha value is -0.890. The molecule has 0 amide bonds. The third kappa shape index (κ3) is 5.31. The van der Waals surface area contributed by atoms with Gasteiger partial charge in [-0.15, -0.1) is 11.6 Å². The van der Waals surface area contributed by atoms with Gasteiger partial charge in [0.1, 0.15) is 0 Å². The van der Waals surface area contributed by atoms with E-state index < -0.39 is 0 Å². The molecule has 0 atom stereocenters. The van der Waals surface area contributed by atoms with E-state index in [0.717, 1.165) is 36.8 Å². The Balaban J connectivity index is 2.31. The molecule has 0 spiro atoms. The molecule has 0 aromatic heterocycles. The highest BCUT2D eigenvalue weighted by Gasteiger charge is 2.03. The van der Waals surface area contributed by atoms with E-state index >= 15 is 0 Å². The van der Waals surface area contributed by atoms with Crippen LogP contribution in [0.1, 0.15) is 31.2 Å². The SMILES string of the molecule is COc1cc(C)ccc1OCCCCCCCl. The summed E-state index contributed by atoms with van der Waals surface area (Å²) in [6, 6.07) is 5.99. The van der Waals surface area contributed by atoms with Gasteiger partial charge >= 0.3 is 0 Å². The van der Waals surface area contributed by atoms with Crippen LogP contribution in [-0.4, -0.2) is 19.6 Å². The Kier molecular flexibility index (Phi) is 6.87. The highest BCUT2D eigenvalue weighted by atomic mass is 35.5. The largest absolute Gasteiger partial charge is 0.493 e. The van der Waals surface area contributed by atoms with Crippen LogP contribution in [-0.2, 0) is 0 Å². The molecule has 3 heteroatoms. The molecule has 0 aliphatic heterocycles. The Bertz CT molecular complexity index is 326. The fourth-order valence-electron chi connectivity index (χ4n) is 1.63. The van der Waals surface area contributed by atoms with Crippen LogP contribution in [0.25, 0.3) is 0 Å². The Labute approximate surface area is 109 Å². The normalized spacial score (nSPS) is 10.3. The van der Waals surface area contributed by atoms with Gasteiger partial charge in [-0.1, -0.05) is 18.9 Å². The molecule has 0 unspecified atom stereocenters. The first kappa shape index (κ1) is 14.2. The van der Waals surface area contributed by atoms with Crippen molar-refractivity contribution < 1.29 is 9.47 Å². The molecule has 1 aromatic carbocycles. The first-order valence-electron chi connectivity index (χ1n) is 6.11. The van der Waals surface area contributed by atoms with E-state index in [0.29, 0.717) is 0 Å². The Morgan fingerprint density at radius 2 is 1.82 bits per heavy atom. The number of unbranched alkanes of at least 4 members (excludes halogenated alkanes) is 3. The molecular formula is C14H21ClO2. The van der Waals surface area contributed by atoms with Crippen LogP contribution in [0.4, 0.5) is 0 Å². The molecule has 0 aliphatic carbocycles. The maximum Gasteiger partial charge on any atom is 0.161 e. The standard InChI is InChI=1S/C14H21ClO2/c1-12-7-8-13(14(11-12)16-2)17-10-6-4-3-5-9-15/h7-8,11H,3-6,9-10H2,1-2H3. The van der Waals surface area contributed by atoms with Crippen LogP contribution in [0, 0.1) is 6.92 Å². The molecular weight excluding hydrogens is 236 g/mol. The monoisotopic (exact) mass is 256 g/mol. The zero-order valence-electron chi connectivity index (χ0n) is 10.7. The molecule has 0 heterocycles. The first-order valence-corrected chi connectivity index (χ1v) is 6.64. The van der Waals surface area contributed by atoms with Crippen LogP contribution in [0.15, 0.2) is 18.2 Å². The third-order valence-corrected chi connectivity index (χ3v) is 2.87. The van der Waals surface area contributed by atoms with Crippen LogP contribution in [0.5, 0.6) is 11.5 Å². The minimum absolute atomic E-state index is 0.738. The second kappa shape index (κ2) is 8.24. The van der Waals surface area contributed by atoms with Gasteiger partial charge in [-0.05, 0) is 37.5 Å². The molecule has 0 fully saturated rings. The van der Waals surface area contributed by atoms with Gasteiger partial charge in [0.25, 0.3) is 0 Å². The minimum Gasteiger partial charge on any atom is -0.493 e. The fourth-order valence-corrected chi connectivity index (χ4v) is 1.82. The average Bonchev–Trinajstić information content (AvgIpc) is 2.35. The van der Waals surface area contributed by atoms with Crippen molar-refractivity contribution in [1.82, 2.24) is 0 Å². The molecule has 0 saturated heterocycles. The summed E-state index contributed by atoms with van der Waals surface area (Å²) in [6.45, 7) is 2.78.